The Labute approximate surface area is 77.8 Å². The molecule has 0 saturated carbocycles. The summed E-state index contributed by atoms with van der Waals surface area (Å²) in [6.07, 6.45) is 0. The molecule has 0 unspecified atom stereocenters. The molecule has 2 nitrogen and oxygen atoms in total. The van der Waals surface area contributed by atoms with Gasteiger partial charge in [0.05, 0.1) is 10.2 Å². The van der Waals surface area contributed by atoms with Crippen LogP contribution in [0.5, 0.6) is 0 Å². The smallest absolute Gasteiger partial charge is 0.138 e. The van der Waals surface area contributed by atoms with Gasteiger partial charge in [0.25, 0.3) is 0 Å². The second kappa shape index (κ2) is 3.67. The molecule has 0 aliphatic heterocycles. The minimum absolute atomic E-state index is 0.110. The van der Waals surface area contributed by atoms with Crippen molar-refractivity contribution in [2.75, 3.05) is 0 Å². The Bertz CT molecular complexity index is 325. The maximum absolute atomic E-state index is 12.8. The van der Waals surface area contributed by atoms with Crippen molar-refractivity contribution in [1.82, 2.24) is 0 Å². The van der Waals surface area contributed by atoms with Gasteiger partial charge in [-0.25, -0.2) is 4.39 Å². The van der Waals surface area contributed by atoms with Gasteiger partial charge >= 0.3 is 0 Å². The zero-order valence-corrected chi connectivity index (χ0v) is 7.55. The SMILES string of the molecule is [CH]/C(=N\O)c1ccc(Br)c(F)c1. The van der Waals surface area contributed by atoms with Gasteiger partial charge in [-0.3, -0.25) is 0 Å². The van der Waals surface area contributed by atoms with Crippen LogP contribution in [0.2, 0.25) is 0 Å². The molecule has 0 atom stereocenters. The van der Waals surface area contributed by atoms with Crippen LogP contribution in [-0.2, 0) is 0 Å². The number of halogens is 2. The van der Waals surface area contributed by atoms with E-state index in [0.717, 1.165) is 0 Å². The number of benzene rings is 1. The molecule has 2 radical (unpaired) electrons. The lowest BCUT2D eigenvalue weighted by molar-refractivity contribution is 0.320. The van der Waals surface area contributed by atoms with Gasteiger partial charge in [-0.1, -0.05) is 11.2 Å². The van der Waals surface area contributed by atoms with Crippen LogP contribution in [0.25, 0.3) is 0 Å². The normalized spacial score (nSPS) is 11.8. The van der Waals surface area contributed by atoms with Crippen molar-refractivity contribution in [3.05, 3.63) is 41.0 Å². The van der Waals surface area contributed by atoms with Crippen LogP contribution in [0.15, 0.2) is 27.8 Å². The van der Waals surface area contributed by atoms with E-state index < -0.39 is 5.82 Å². The molecule has 0 aliphatic carbocycles. The van der Waals surface area contributed by atoms with Crippen molar-refractivity contribution in [2.24, 2.45) is 5.16 Å². The molecule has 0 saturated heterocycles. The van der Waals surface area contributed by atoms with Gasteiger partial charge in [-0.15, -0.1) is 0 Å². The van der Waals surface area contributed by atoms with Gasteiger partial charge in [-0.05, 0) is 28.1 Å². The van der Waals surface area contributed by atoms with E-state index in [9.17, 15) is 4.39 Å². The van der Waals surface area contributed by atoms with Crippen molar-refractivity contribution >= 4 is 21.6 Å². The number of nitrogens with zero attached hydrogens (tertiary/aromatic N) is 1. The molecule has 0 bridgehead atoms. The fourth-order valence-electron chi connectivity index (χ4n) is 0.713. The second-order valence-electron chi connectivity index (χ2n) is 2.11. The minimum Gasteiger partial charge on any atom is -0.411 e. The van der Waals surface area contributed by atoms with Gasteiger partial charge < -0.3 is 5.21 Å². The lowest BCUT2D eigenvalue weighted by atomic mass is 10.1. The predicted octanol–water partition coefficient (Wildman–Crippen LogP) is 2.48. The van der Waals surface area contributed by atoms with Gasteiger partial charge in [0, 0.05) is 12.5 Å². The number of hydrogen-bond acceptors (Lipinski definition) is 2. The Morgan fingerprint density at radius 3 is 2.75 bits per heavy atom. The molecule has 0 heterocycles. The van der Waals surface area contributed by atoms with Crippen molar-refractivity contribution in [3.63, 3.8) is 0 Å². The summed E-state index contributed by atoms with van der Waals surface area (Å²) < 4.78 is 13.2. The van der Waals surface area contributed by atoms with Crippen LogP contribution in [0.3, 0.4) is 0 Å². The van der Waals surface area contributed by atoms with Crippen molar-refractivity contribution in [2.45, 2.75) is 0 Å². The highest BCUT2D eigenvalue weighted by Gasteiger charge is 2.02. The van der Waals surface area contributed by atoms with E-state index in [0.29, 0.717) is 10.0 Å². The summed E-state index contributed by atoms with van der Waals surface area (Å²) in [5, 5.41) is 11.0. The lowest BCUT2D eigenvalue weighted by Gasteiger charge is -1.98. The zero-order valence-electron chi connectivity index (χ0n) is 5.96. The third-order valence-corrected chi connectivity index (χ3v) is 1.97. The van der Waals surface area contributed by atoms with Crippen LogP contribution < -0.4 is 0 Å². The average Bonchev–Trinajstić information content (AvgIpc) is 2.08. The van der Waals surface area contributed by atoms with Crippen LogP contribution in [-0.4, -0.2) is 10.9 Å². The van der Waals surface area contributed by atoms with Crippen LogP contribution >= 0.6 is 15.9 Å². The molecule has 1 aromatic carbocycles. The van der Waals surface area contributed by atoms with E-state index in [1.807, 2.05) is 0 Å². The molecule has 0 spiro atoms. The molecule has 1 rings (SSSR count). The molecule has 62 valence electrons. The van der Waals surface area contributed by atoms with Crippen molar-refractivity contribution in [1.29, 1.82) is 0 Å². The summed E-state index contributed by atoms with van der Waals surface area (Å²) in [4.78, 5) is 0. The number of oxime groups is 1. The van der Waals surface area contributed by atoms with E-state index in [2.05, 4.69) is 21.1 Å². The maximum Gasteiger partial charge on any atom is 0.138 e. The van der Waals surface area contributed by atoms with Gasteiger partial charge in [0.2, 0.25) is 0 Å². The van der Waals surface area contributed by atoms with Crippen LogP contribution in [0, 0.1) is 12.7 Å². The lowest BCUT2D eigenvalue weighted by Crippen LogP contribution is -1.95. The first kappa shape index (κ1) is 9.19. The quantitative estimate of drug-likeness (QED) is 0.448. The summed E-state index contributed by atoms with van der Waals surface area (Å²) in [7, 11) is 0. The van der Waals surface area contributed by atoms with E-state index in [1.165, 1.54) is 12.1 Å². The average molecular weight is 230 g/mol. The fourth-order valence-corrected chi connectivity index (χ4v) is 0.960. The summed E-state index contributed by atoms with van der Waals surface area (Å²) in [5.74, 6) is -0.445. The van der Waals surface area contributed by atoms with Gasteiger partial charge in [0.15, 0.2) is 0 Å². The Kier molecular flexibility index (Phi) is 2.81. The van der Waals surface area contributed by atoms with E-state index in [4.69, 9.17) is 12.1 Å². The molecule has 12 heavy (non-hydrogen) atoms. The first-order chi connectivity index (χ1) is 5.65. The molecule has 1 aromatic rings. The first-order valence-corrected chi connectivity index (χ1v) is 3.87. The molecule has 0 aliphatic rings. The Morgan fingerprint density at radius 1 is 1.58 bits per heavy atom. The highest BCUT2D eigenvalue weighted by atomic mass is 79.9. The summed E-state index contributed by atoms with van der Waals surface area (Å²) in [6.45, 7) is 5.23. The van der Waals surface area contributed by atoms with E-state index in [-0.39, 0.29) is 5.71 Å². The largest absolute Gasteiger partial charge is 0.411 e. The topological polar surface area (TPSA) is 32.6 Å². The molecular weight excluding hydrogens is 225 g/mol. The third kappa shape index (κ3) is 1.82. The molecule has 0 fully saturated rings. The fraction of sp³-hybridized carbons (Fsp3) is 0. The standard InChI is InChI=1S/C8H5BrFNO/c1-5(11-12)6-2-3-7(9)8(10)4-6/h1-4,12H/b11-5+. The Hall–Kier alpha value is -0.900. The Morgan fingerprint density at radius 2 is 2.25 bits per heavy atom. The number of rotatable bonds is 1. The van der Waals surface area contributed by atoms with Crippen LogP contribution in [0.4, 0.5) is 4.39 Å². The van der Waals surface area contributed by atoms with E-state index in [1.54, 1.807) is 6.07 Å². The molecule has 0 amide bonds. The highest BCUT2D eigenvalue weighted by molar-refractivity contribution is 9.10. The molecule has 0 aromatic heterocycles. The molecule has 1 N–H and O–H groups in total. The molecular formula is C8H5BrFNO. The minimum atomic E-state index is -0.445. The van der Waals surface area contributed by atoms with Crippen molar-refractivity contribution < 1.29 is 9.60 Å². The van der Waals surface area contributed by atoms with Gasteiger partial charge in [0.1, 0.15) is 5.82 Å². The zero-order chi connectivity index (χ0) is 9.14. The van der Waals surface area contributed by atoms with Gasteiger partial charge in [-0.2, -0.15) is 0 Å². The predicted molar refractivity (Wildman–Crippen MR) is 46.7 cm³/mol. The molecule has 4 heteroatoms. The Balaban J connectivity index is 3.13. The second-order valence-corrected chi connectivity index (χ2v) is 2.97. The monoisotopic (exact) mass is 229 g/mol. The first-order valence-electron chi connectivity index (χ1n) is 3.08. The summed E-state index contributed by atoms with van der Waals surface area (Å²) >= 11 is 2.98. The number of hydrogen-bond donors (Lipinski definition) is 1. The van der Waals surface area contributed by atoms with Crippen LogP contribution in [0.1, 0.15) is 5.56 Å². The summed E-state index contributed by atoms with van der Waals surface area (Å²) in [6, 6.07) is 4.21. The highest BCUT2D eigenvalue weighted by Crippen LogP contribution is 2.16. The van der Waals surface area contributed by atoms with Crippen molar-refractivity contribution in [3.8, 4) is 0 Å². The summed E-state index contributed by atoms with van der Waals surface area (Å²) in [5.41, 5.74) is 0.236. The third-order valence-electron chi connectivity index (χ3n) is 1.32. The maximum atomic E-state index is 12.8. The van der Waals surface area contributed by atoms with E-state index >= 15 is 0 Å².